The second kappa shape index (κ2) is 10.2. The summed E-state index contributed by atoms with van der Waals surface area (Å²) in [6.07, 6.45) is -2.94. The zero-order valence-corrected chi connectivity index (χ0v) is 12.2. The van der Waals surface area contributed by atoms with Gasteiger partial charge < -0.3 is 34.7 Å². The number of phosphoric ester groups is 1. The Hall–Kier alpha value is 0.270. The van der Waals surface area contributed by atoms with Gasteiger partial charge in [0.2, 0.25) is 0 Å². The third-order valence-electron chi connectivity index (χ3n) is 0.968. The molecule has 0 bridgehead atoms. The van der Waals surface area contributed by atoms with Crippen molar-refractivity contribution in [2.24, 2.45) is 0 Å². The Morgan fingerprint density at radius 3 is 1.53 bits per heavy atom. The molecular formula is C6H11CaO9P. The van der Waals surface area contributed by atoms with E-state index in [1.165, 1.54) is 0 Å². The Morgan fingerprint density at radius 1 is 1.18 bits per heavy atom. The van der Waals surface area contributed by atoms with Crippen LogP contribution in [0.1, 0.15) is 13.8 Å². The maximum Gasteiger partial charge on any atom is 2.00 e. The van der Waals surface area contributed by atoms with E-state index in [9.17, 15) is 24.4 Å². The summed E-state index contributed by atoms with van der Waals surface area (Å²) in [7, 11) is -4.70. The summed E-state index contributed by atoms with van der Waals surface area (Å²) in [6.45, 7) is 2.10. The van der Waals surface area contributed by atoms with Crippen LogP contribution in [-0.2, 0) is 18.7 Å². The Kier molecular flexibility index (Phi) is 13.5. The molecule has 3 N–H and O–H groups in total. The first kappa shape index (κ1) is 22.4. The second-order valence-corrected chi connectivity index (χ2v) is 3.74. The summed E-state index contributed by atoms with van der Waals surface area (Å²) in [4.78, 5) is 35.2. The predicted molar refractivity (Wildman–Crippen MR) is 50.0 cm³/mol. The molecule has 0 aromatic rings. The van der Waals surface area contributed by atoms with Crippen molar-refractivity contribution >= 4 is 57.5 Å². The largest absolute Gasteiger partial charge is 2.00 e. The van der Waals surface area contributed by atoms with Crippen LogP contribution in [0, 0.1) is 0 Å². The van der Waals surface area contributed by atoms with Crippen molar-refractivity contribution in [1.82, 2.24) is 0 Å². The minimum atomic E-state index is -4.70. The summed E-state index contributed by atoms with van der Waals surface area (Å²) in [5.74, 6) is -3.10. The Balaban J connectivity index is -0.000000244. The van der Waals surface area contributed by atoms with E-state index in [0.29, 0.717) is 0 Å². The molecule has 0 aromatic carbocycles. The first-order valence-electron chi connectivity index (χ1n) is 3.81. The Bertz CT molecular complexity index is 285. The van der Waals surface area contributed by atoms with Gasteiger partial charge in [0.1, 0.15) is 6.10 Å². The number of aliphatic hydroxyl groups is 1. The summed E-state index contributed by atoms with van der Waals surface area (Å²) in [5, 5.41) is 27.1. The van der Waals surface area contributed by atoms with Gasteiger partial charge in [0.25, 0.3) is 0 Å². The zero-order valence-electron chi connectivity index (χ0n) is 9.10. The first-order chi connectivity index (χ1) is 6.97. The van der Waals surface area contributed by atoms with E-state index in [2.05, 4.69) is 4.52 Å². The van der Waals surface area contributed by atoms with Gasteiger partial charge in [-0.2, -0.15) is 0 Å². The van der Waals surface area contributed by atoms with E-state index in [0.717, 1.165) is 13.8 Å². The molecule has 0 aliphatic carbocycles. The van der Waals surface area contributed by atoms with Crippen molar-refractivity contribution in [2.45, 2.75) is 26.1 Å². The number of phosphoric acid groups is 1. The number of aliphatic hydroxyl groups excluding tert-OH is 1. The van der Waals surface area contributed by atoms with E-state index < -0.39 is 32.0 Å². The van der Waals surface area contributed by atoms with Gasteiger partial charge in [-0.25, -0.2) is 4.57 Å². The third-order valence-corrected chi connectivity index (χ3v) is 1.56. The van der Waals surface area contributed by atoms with Crippen LogP contribution in [0.4, 0.5) is 0 Å². The smallest absolute Gasteiger partial charge is 0.547 e. The van der Waals surface area contributed by atoms with Crippen LogP contribution in [0.25, 0.3) is 0 Å². The van der Waals surface area contributed by atoms with Crippen LogP contribution in [0.5, 0.6) is 0 Å². The third kappa shape index (κ3) is 18.8. The molecule has 0 aliphatic heterocycles. The minimum Gasteiger partial charge on any atom is -0.547 e. The average molecular weight is 298 g/mol. The molecule has 2 unspecified atom stereocenters. The number of hydrogen-bond acceptors (Lipinski definition) is 7. The van der Waals surface area contributed by atoms with Gasteiger partial charge in [-0.05, 0) is 13.8 Å². The SMILES string of the molecule is CC(O)C(=O)[O-].CC(OP(=O)(O)O)C(=O)[O-].[Ca+2]. The van der Waals surface area contributed by atoms with Crippen LogP contribution >= 0.6 is 7.82 Å². The molecule has 0 radical (unpaired) electrons. The number of hydrogen-bond donors (Lipinski definition) is 3. The predicted octanol–water partition coefficient (Wildman–Crippen LogP) is -4.03. The number of rotatable bonds is 4. The molecule has 96 valence electrons. The van der Waals surface area contributed by atoms with Crippen LogP contribution in [0.2, 0.25) is 0 Å². The summed E-state index contributed by atoms with van der Waals surface area (Å²) in [6, 6.07) is 0. The second-order valence-electron chi connectivity index (χ2n) is 2.55. The van der Waals surface area contributed by atoms with Crippen molar-refractivity contribution in [1.29, 1.82) is 0 Å². The molecule has 11 heteroatoms. The quantitative estimate of drug-likeness (QED) is 0.345. The molecule has 0 saturated heterocycles. The zero-order chi connectivity index (χ0) is 13.5. The van der Waals surface area contributed by atoms with Crippen LogP contribution < -0.4 is 10.2 Å². The van der Waals surface area contributed by atoms with Crippen molar-refractivity contribution in [3.05, 3.63) is 0 Å². The van der Waals surface area contributed by atoms with E-state index in [-0.39, 0.29) is 37.7 Å². The fraction of sp³-hybridized carbons (Fsp3) is 0.667. The molecule has 0 heterocycles. The van der Waals surface area contributed by atoms with Gasteiger partial charge in [-0.15, -0.1) is 0 Å². The van der Waals surface area contributed by atoms with Gasteiger partial charge >= 0.3 is 45.6 Å². The number of carbonyl (C=O) groups is 2. The molecule has 0 amide bonds. The number of carbonyl (C=O) groups excluding carboxylic acids is 2. The van der Waals surface area contributed by atoms with Crippen molar-refractivity contribution in [3.63, 3.8) is 0 Å². The van der Waals surface area contributed by atoms with E-state index in [1.807, 2.05) is 0 Å². The fourth-order valence-electron chi connectivity index (χ4n) is 0.249. The molecule has 0 aromatic heterocycles. The van der Waals surface area contributed by atoms with Crippen LogP contribution in [0.3, 0.4) is 0 Å². The maximum atomic E-state index is 9.93. The summed E-state index contributed by atoms with van der Waals surface area (Å²) in [5.41, 5.74) is 0. The summed E-state index contributed by atoms with van der Waals surface area (Å²) < 4.78 is 13.6. The number of aliphatic carboxylic acids is 2. The van der Waals surface area contributed by atoms with Gasteiger partial charge in [0.15, 0.2) is 0 Å². The summed E-state index contributed by atoms with van der Waals surface area (Å²) >= 11 is 0. The molecule has 0 spiro atoms. The van der Waals surface area contributed by atoms with Crippen molar-refractivity contribution < 1.29 is 43.8 Å². The standard InChI is InChI=1S/C3H7O6P.C3H6O3.Ca/c1-2(3(4)5)9-10(6,7)8;1-2(4)3(5)6;/h2H,1H3,(H,4,5)(H2,6,7,8);2,4H,1H3,(H,5,6);/q;;+2/p-2. The average Bonchev–Trinajstić information content (AvgIpc) is 2.01. The number of carboxylic acid groups (broad SMARTS) is 2. The van der Waals surface area contributed by atoms with E-state index in [4.69, 9.17) is 14.9 Å². The molecule has 2 atom stereocenters. The maximum absolute atomic E-state index is 9.93. The van der Waals surface area contributed by atoms with Crippen molar-refractivity contribution in [2.75, 3.05) is 0 Å². The van der Waals surface area contributed by atoms with Gasteiger partial charge in [-0.3, -0.25) is 4.52 Å². The molecule has 0 fully saturated rings. The molecular weight excluding hydrogens is 287 g/mol. The molecule has 0 aliphatic rings. The van der Waals surface area contributed by atoms with Crippen molar-refractivity contribution in [3.8, 4) is 0 Å². The van der Waals surface area contributed by atoms with E-state index in [1.54, 1.807) is 0 Å². The fourth-order valence-corrected chi connectivity index (χ4v) is 0.747. The Morgan fingerprint density at radius 2 is 1.47 bits per heavy atom. The molecule has 17 heavy (non-hydrogen) atoms. The molecule has 9 nitrogen and oxygen atoms in total. The molecule has 0 saturated carbocycles. The number of carboxylic acids is 2. The topological polar surface area (TPSA) is 167 Å². The van der Waals surface area contributed by atoms with Gasteiger partial charge in [-0.1, -0.05) is 0 Å². The van der Waals surface area contributed by atoms with Gasteiger partial charge in [0.05, 0.1) is 18.0 Å². The minimum absolute atomic E-state index is 0. The normalized spacial score (nSPS) is 13.5. The van der Waals surface area contributed by atoms with Crippen LogP contribution in [-0.4, -0.2) is 76.8 Å². The van der Waals surface area contributed by atoms with Gasteiger partial charge in [0, 0.05) is 0 Å². The Labute approximate surface area is 127 Å². The van der Waals surface area contributed by atoms with E-state index >= 15 is 0 Å². The monoisotopic (exact) mass is 298 g/mol. The van der Waals surface area contributed by atoms with Crippen LogP contribution in [0.15, 0.2) is 0 Å². The first-order valence-corrected chi connectivity index (χ1v) is 5.34. The molecule has 0 rings (SSSR count).